The molecule has 1 atom stereocenters. The molecule has 1 N–H and O–H groups in total. The van der Waals surface area contributed by atoms with E-state index in [2.05, 4.69) is 0 Å². The lowest BCUT2D eigenvalue weighted by Gasteiger charge is -2.24. The highest BCUT2D eigenvalue weighted by atomic mass is 16.6. The second kappa shape index (κ2) is 8.70. The number of hydrogen-bond acceptors (Lipinski definition) is 5. The third kappa shape index (κ3) is 5.18. The number of carbonyl (C=O) groups is 1. The molecule has 29 heavy (non-hydrogen) atoms. The van der Waals surface area contributed by atoms with Crippen molar-refractivity contribution >= 4 is 17.6 Å². The molecule has 1 aliphatic rings. The molecule has 5 heteroatoms. The van der Waals surface area contributed by atoms with Gasteiger partial charge in [0.1, 0.15) is 11.5 Å². The summed E-state index contributed by atoms with van der Waals surface area (Å²) in [6, 6.07) is 13.5. The number of aliphatic hydroxyl groups is 1. The van der Waals surface area contributed by atoms with Gasteiger partial charge in [0.05, 0.1) is 19.1 Å². The summed E-state index contributed by atoms with van der Waals surface area (Å²) in [7, 11) is 1.62. The Bertz CT molecular complexity index is 890. The second-order valence-corrected chi connectivity index (χ2v) is 8.16. The molecule has 2 aromatic rings. The summed E-state index contributed by atoms with van der Waals surface area (Å²) in [5, 5.41) is 10.5. The van der Waals surface area contributed by atoms with Crippen molar-refractivity contribution in [2.24, 2.45) is 5.41 Å². The second-order valence-electron chi connectivity index (χ2n) is 8.16. The molecule has 1 unspecified atom stereocenters. The van der Waals surface area contributed by atoms with E-state index in [9.17, 15) is 9.90 Å². The summed E-state index contributed by atoms with van der Waals surface area (Å²) < 4.78 is 16.2. The molecule has 2 aromatic carbocycles. The Kier molecular flexibility index (Phi) is 6.28. The van der Waals surface area contributed by atoms with Gasteiger partial charge in [-0.25, -0.2) is 0 Å². The molecular formula is C24H28O5. The third-order valence-corrected chi connectivity index (χ3v) is 4.77. The van der Waals surface area contributed by atoms with Crippen LogP contribution in [0.4, 0.5) is 0 Å². The average molecular weight is 396 g/mol. The van der Waals surface area contributed by atoms with E-state index < -0.39 is 11.7 Å². The summed E-state index contributed by atoms with van der Waals surface area (Å²) in [6.07, 6.45) is 2.41. The molecule has 0 radical (unpaired) electrons. The Morgan fingerprint density at radius 2 is 1.86 bits per heavy atom. The molecule has 0 aliphatic carbocycles. The fraction of sp³-hybridized carbons (Fsp3) is 0.375. The lowest BCUT2D eigenvalue weighted by atomic mass is 9.97. The van der Waals surface area contributed by atoms with Crippen molar-refractivity contribution in [2.45, 2.75) is 39.9 Å². The van der Waals surface area contributed by atoms with Crippen LogP contribution in [0, 0.1) is 5.41 Å². The fourth-order valence-corrected chi connectivity index (χ4v) is 3.05. The molecule has 3 rings (SSSR count). The Hall–Kier alpha value is -2.79. The Morgan fingerprint density at radius 3 is 2.52 bits per heavy atom. The fourth-order valence-electron chi connectivity index (χ4n) is 3.05. The summed E-state index contributed by atoms with van der Waals surface area (Å²) >= 11 is 0. The van der Waals surface area contributed by atoms with Crippen LogP contribution in [0.25, 0.3) is 11.6 Å². The van der Waals surface area contributed by atoms with Crippen molar-refractivity contribution in [3.05, 3.63) is 59.2 Å². The molecule has 0 aromatic heterocycles. The van der Waals surface area contributed by atoms with Crippen molar-refractivity contribution in [2.75, 3.05) is 13.7 Å². The van der Waals surface area contributed by atoms with Gasteiger partial charge in [-0.1, -0.05) is 24.3 Å². The predicted molar refractivity (Wildman–Crippen MR) is 113 cm³/mol. The van der Waals surface area contributed by atoms with Gasteiger partial charge in [0.25, 0.3) is 0 Å². The number of esters is 1. The molecule has 0 amide bonds. The minimum atomic E-state index is -1.03. The quantitative estimate of drug-likeness (QED) is 0.577. The van der Waals surface area contributed by atoms with E-state index in [4.69, 9.17) is 14.2 Å². The Labute approximate surface area is 171 Å². The van der Waals surface area contributed by atoms with Gasteiger partial charge >= 0.3 is 5.97 Å². The smallest absolute Gasteiger partial charge is 0.311 e. The summed E-state index contributed by atoms with van der Waals surface area (Å²) in [5.41, 5.74) is 3.10. The zero-order valence-corrected chi connectivity index (χ0v) is 17.4. The van der Waals surface area contributed by atoms with E-state index in [1.807, 2.05) is 69.3 Å². The lowest BCUT2D eigenvalue weighted by Crippen LogP contribution is -2.23. The number of aryl methyl sites for hydroxylation is 1. The van der Waals surface area contributed by atoms with Crippen LogP contribution in [0.15, 0.2) is 42.5 Å². The largest absolute Gasteiger partial charge is 0.497 e. The minimum Gasteiger partial charge on any atom is -0.497 e. The van der Waals surface area contributed by atoms with Crippen LogP contribution in [-0.4, -0.2) is 31.1 Å². The van der Waals surface area contributed by atoms with E-state index in [1.165, 1.54) is 0 Å². The maximum absolute atomic E-state index is 11.8. The number of carbonyl (C=O) groups excluding carboxylic acids is 1. The van der Waals surface area contributed by atoms with E-state index in [0.717, 1.165) is 35.3 Å². The molecule has 0 saturated carbocycles. The Morgan fingerprint density at radius 1 is 1.14 bits per heavy atom. The van der Waals surface area contributed by atoms with Crippen LogP contribution in [-0.2, 0) is 16.0 Å². The first-order valence-electron chi connectivity index (χ1n) is 9.79. The van der Waals surface area contributed by atoms with Gasteiger partial charge in [-0.05, 0) is 69.0 Å². The molecule has 1 heterocycles. The number of rotatable bonds is 6. The highest BCUT2D eigenvalue weighted by Gasteiger charge is 2.23. The van der Waals surface area contributed by atoms with Crippen LogP contribution < -0.4 is 9.47 Å². The van der Waals surface area contributed by atoms with Crippen LogP contribution in [0.3, 0.4) is 0 Å². The van der Waals surface area contributed by atoms with Gasteiger partial charge < -0.3 is 19.3 Å². The molecular weight excluding hydrogens is 368 g/mol. The zero-order chi connectivity index (χ0) is 21.0. The van der Waals surface area contributed by atoms with Crippen LogP contribution in [0.1, 0.15) is 43.9 Å². The number of methoxy groups -OCH3 is 1. The first kappa shape index (κ1) is 20.9. The Balaban J connectivity index is 1.65. The normalized spacial score (nSPS) is 15.8. The van der Waals surface area contributed by atoms with Gasteiger partial charge in [-0.3, -0.25) is 4.79 Å². The summed E-state index contributed by atoms with van der Waals surface area (Å²) in [6.45, 7) is 5.91. The molecule has 0 saturated heterocycles. The lowest BCUT2D eigenvalue weighted by molar-refractivity contribution is -0.153. The van der Waals surface area contributed by atoms with Gasteiger partial charge in [-0.15, -0.1) is 0 Å². The van der Waals surface area contributed by atoms with Gasteiger partial charge in [0.2, 0.25) is 6.29 Å². The van der Waals surface area contributed by atoms with E-state index in [-0.39, 0.29) is 5.97 Å². The molecule has 0 fully saturated rings. The maximum atomic E-state index is 11.8. The molecule has 5 nitrogen and oxygen atoms in total. The van der Waals surface area contributed by atoms with Crippen LogP contribution in [0.5, 0.6) is 11.5 Å². The van der Waals surface area contributed by atoms with Crippen LogP contribution >= 0.6 is 0 Å². The predicted octanol–water partition coefficient (Wildman–Crippen LogP) is 4.47. The van der Waals surface area contributed by atoms with Gasteiger partial charge in [0, 0.05) is 11.1 Å². The highest BCUT2D eigenvalue weighted by molar-refractivity contribution is 5.86. The maximum Gasteiger partial charge on any atom is 0.311 e. The first-order chi connectivity index (χ1) is 13.8. The number of hydrogen-bond donors (Lipinski definition) is 1. The SMILES string of the molecule is COc1ccc(C2=Cc3ccc(CCCOC(=O)C(C)(C)C)cc3OC2O)cc1. The number of benzene rings is 2. The standard InChI is InChI=1S/C24H28O5/c1-24(2,3)23(26)28-13-5-6-16-7-8-18-15-20(22(25)29-21(18)14-16)17-9-11-19(27-4)12-10-17/h7-12,14-15,22,25H,5-6,13H2,1-4H3. The van der Waals surface area contributed by atoms with Gasteiger partial charge in [0.15, 0.2) is 0 Å². The number of aliphatic hydroxyl groups excluding tert-OH is 1. The molecule has 1 aliphatic heterocycles. The molecule has 0 spiro atoms. The third-order valence-electron chi connectivity index (χ3n) is 4.77. The number of ether oxygens (including phenoxy) is 3. The number of fused-ring (bicyclic) bond motifs is 1. The van der Waals surface area contributed by atoms with E-state index in [0.29, 0.717) is 17.9 Å². The summed E-state index contributed by atoms with van der Waals surface area (Å²) in [5.74, 6) is 1.23. The molecule has 154 valence electrons. The topological polar surface area (TPSA) is 65.0 Å². The van der Waals surface area contributed by atoms with Crippen molar-refractivity contribution in [1.29, 1.82) is 0 Å². The zero-order valence-electron chi connectivity index (χ0n) is 17.4. The van der Waals surface area contributed by atoms with Crippen molar-refractivity contribution in [3.63, 3.8) is 0 Å². The first-order valence-corrected chi connectivity index (χ1v) is 9.79. The van der Waals surface area contributed by atoms with Gasteiger partial charge in [-0.2, -0.15) is 0 Å². The minimum absolute atomic E-state index is 0.189. The summed E-state index contributed by atoms with van der Waals surface area (Å²) in [4.78, 5) is 11.8. The average Bonchev–Trinajstić information content (AvgIpc) is 2.69. The van der Waals surface area contributed by atoms with Crippen molar-refractivity contribution in [1.82, 2.24) is 0 Å². The van der Waals surface area contributed by atoms with E-state index in [1.54, 1.807) is 7.11 Å². The highest BCUT2D eigenvalue weighted by Crippen LogP contribution is 2.35. The molecule has 0 bridgehead atoms. The van der Waals surface area contributed by atoms with E-state index >= 15 is 0 Å². The van der Waals surface area contributed by atoms with Crippen LogP contribution in [0.2, 0.25) is 0 Å². The van der Waals surface area contributed by atoms with Crippen molar-refractivity contribution < 1.29 is 24.1 Å². The monoisotopic (exact) mass is 396 g/mol. The van der Waals surface area contributed by atoms with Crippen molar-refractivity contribution in [3.8, 4) is 11.5 Å².